The fourth-order valence-corrected chi connectivity index (χ4v) is 1.68. The number of hydrogen-bond donors (Lipinski definition) is 2. The van der Waals surface area contributed by atoms with Crippen molar-refractivity contribution in [2.45, 2.75) is 25.9 Å². The average molecular weight is 398 g/mol. The van der Waals surface area contributed by atoms with Crippen LogP contribution in [0.3, 0.4) is 0 Å². The third kappa shape index (κ3) is 6.48. The standard InChI is InChI=1S/C15H13F3N6O4/c1-2-9(7-13(25)15(16,17)18)20-23-14(26)11(8-19)22-21-10-5-3-4-6-12(10)24(27)28/h3-6,21H,2,7H2,1H3,(H,23,26). The number of hydrogen-bond acceptors (Lipinski definition) is 8. The Hall–Kier alpha value is -3.82. The molecule has 1 aromatic carbocycles. The number of hydrazone groups is 2. The van der Waals surface area contributed by atoms with Crippen LogP contribution in [0.5, 0.6) is 0 Å². The van der Waals surface area contributed by atoms with Gasteiger partial charge in [-0.15, -0.1) is 0 Å². The number of nitriles is 1. The monoisotopic (exact) mass is 398 g/mol. The van der Waals surface area contributed by atoms with Gasteiger partial charge in [-0.2, -0.15) is 28.6 Å². The molecule has 0 atom stereocenters. The molecule has 1 amide bonds. The molecule has 0 aliphatic heterocycles. The van der Waals surface area contributed by atoms with Crippen molar-refractivity contribution in [3.05, 3.63) is 34.4 Å². The van der Waals surface area contributed by atoms with E-state index in [0.717, 1.165) is 0 Å². The molecule has 0 saturated carbocycles. The molecule has 148 valence electrons. The van der Waals surface area contributed by atoms with E-state index in [1.807, 2.05) is 5.43 Å². The van der Waals surface area contributed by atoms with Crippen LogP contribution in [0.25, 0.3) is 0 Å². The molecule has 0 heterocycles. The molecule has 0 unspecified atom stereocenters. The predicted octanol–water partition coefficient (Wildman–Crippen LogP) is 2.29. The Morgan fingerprint density at radius 3 is 2.46 bits per heavy atom. The van der Waals surface area contributed by atoms with Gasteiger partial charge in [-0.05, 0) is 12.5 Å². The Morgan fingerprint density at radius 2 is 1.93 bits per heavy atom. The molecular weight excluding hydrogens is 385 g/mol. The van der Waals surface area contributed by atoms with Crippen LogP contribution in [-0.4, -0.2) is 34.2 Å². The summed E-state index contributed by atoms with van der Waals surface area (Å²) in [5.74, 6) is -3.21. The maximum absolute atomic E-state index is 12.3. The molecule has 13 heteroatoms. The van der Waals surface area contributed by atoms with E-state index in [-0.39, 0.29) is 23.5 Å². The average Bonchev–Trinajstić information content (AvgIpc) is 2.64. The molecule has 0 aromatic heterocycles. The predicted molar refractivity (Wildman–Crippen MR) is 91.3 cm³/mol. The lowest BCUT2D eigenvalue weighted by Crippen LogP contribution is -2.30. The molecule has 1 rings (SSSR count). The van der Waals surface area contributed by atoms with Crippen LogP contribution >= 0.6 is 0 Å². The fraction of sp³-hybridized carbons (Fsp3) is 0.267. The number of nitrogens with one attached hydrogen (secondary N) is 2. The highest BCUT2D eigenvalue weighted by atomic mass is 19.4. The van der Waals surface area contributed by atoms with Gasteiger partial charge < -0.3 is 0 Å². The fourth-order valence-electron chi connectivity index (χ4n) is 1.68. The first-order valence-corrected chi connectivity index (χ1v) is 7.53. The van der Waals surface area contributed by atoms with Crippen LogP contribution in [0.1, 0.15) is 19.8 Å². The zero-order valence-electron chi connectivity index (χ0n) is 14.3. The number of carbonyl (C=O) groups excluding carboxylic acids is 2. The first kappa shape index (κ1) is 22.2. The number of Topliss-reactive ketones (excluding diaryl/α,β-unsaturated/α-hetero) is 1. The van der Waals surface area contributed by atoms with Gasteiger partial charge in [0.15, 0.2) is 0 Å². The summed E-state index contributed by atoms with van der Waals surface area (Å²) in [6.45, 7) is 1.42. The van der Waals surface area contributed by atoms with Crippen molar-refractivity contribution in [3.8, 4) is 6.07 Å². The van der Waals surface area contributed by atoms with Crippen LogP contribution in [0.15, 0.2) is 34.5 Å². The number of para-hydroxylation sites is 2. The number of benzene rings is 1. The first-order valence-electron chi connectivity index (χ1n) is 7.53. The minimum Gasteiger partial charge on any atom is -0.289 e. The highest BCUT2D eigenvalue weighted by Crippen LogP contribution is 2.23. The van der Waals surface area contributed by atoms with Crippen LogP contribution in [0.2, 0.25) is 0 Å². The van der Waals surface area contributed by atoms with Crippen molar-refractivity contribution >= 4 is 34.5 Å². The minimum absolute atomic E-state index is 0.0599. The summed E-state index contributed by atoms with van der Waals surface area (Å²) in [5, 5.41) is 26.7. The lowest BCUT2D eigenvalue weighted by molar-refractivity contribution is -0.384. The van der Waals surface area contributed by atoms with E-state index >= 15 is 0 Å². The van der Waals surface area contributed by atoms with Gasteiger partial charge in [0.05, 0.1) is 11.3 Å². The summed E-state index contributed by atoms with van der Waals surface area (Å²) in [6, 6.07) is 6.71. The Balaban J connectivity index is 2.88. The molecule has 2 N–H and O–H groups in total. The highest BCUT2D eigenvalue weighted by Gasteiger charge is 2.38. The van der Waals surface area contributed by atoms with Gasteiger partial charge in [-0.3, -0.25) is 25.1 Å². The van der Waals surface area contributed by atoms with Gasteiger partial charge in [0.1, 0.15) is 11.8 Å². The third-order valence-corrected chi connectivity index (χ3v) is 3.11. The second kappa shape index (κ2) is 9.76. The highest BCUT2D eigenvalue weighted by molar-refractivity contribution is 6.45. The molecule has 1 aromatic rings. The molecule has 28 heavy (non-hydrogen) atoms. The lowest BCUT2D eigenvalue weighted by Gasteiger charge is -2.06. The van der Waals surface area contributed by atoms with Crippen LogP contribution in [0, 0.1) is 21.4 Å². The van der Waals surface area contributed by atoms with E-state index in [2.05, 4.69) is 15.6 Å². The lowest BCUT2D eigenvalue weighted by atomic mass is 10.1. The Kier molecular flexibility index (Phi) is 7.75. The van der Waals surface area contributed by atoms with Crippen molar-refractivity contribution in [1.29, 1.82) is 5.26 Å². The normalized spacial score (nSPS) is 12.1. The third-order valence-electron chi connectivity index (χ3n) is 3.11. The van der Waals surface area contributed by atoms with Crippen molar-refractivity contribution in [2.75, 3.05) is 5.43 Å². The van der Waals surface area contributed by atoms with E-state index in [1.54, 1.807) is 0 Å². The molecule has 0 aliphatic carbocycles. The largest absolute Gasteiger partial charge is 0.450 e. The SMILES string of the molecule is CCC(CC(=O)C(F)(F)F)=NNC(=O)C(C#N)=NNc1ccccc1[N+](=O)[O-]. The number of rotatable bonds is 8. The molecule has 0 spiro atoms. The molecule has 0 bridgehead atoms. The summed E-state index contributed by atoms with van der Waals surface area (Å²) >= 11 is 0. The molecule has 0 aliphatic rings. The quantitative estimate of drug-likeness (QED) is 0.390. The zero-order chi connectivity index (χ0) is 21.3. The summed E-state index contributed by atoms with van der Waals surface area (Å²) in [7, 11) is 0. The molecule has 0 radical (unpaired) electrons. The smallest absolute Gasteiger partial charge is 0.289 e. The van der Waals surface area contributed by atoms with Crippen molar-refractivity contribution in [2.24, 2.45) is 10.2 Å². The van der Waals surface area contributed by atoms with Gasteiger partial charge in [0.25, 0.3) is 5.69 Å². The maximum atomic E-state index is 12.3. The van der Waals surface area contributed by atoms with Gasteiger partial charge in [0, 0.05) is 11.8 Å². The minimum atomic E-state index is -5.03. The van der Waals surface area contributed by atoms with E-state index in [0.29, 0.717) is 0 Å². The van der Waals surface area contributed by atoms with E-state index in [4.69, 9.17) is 5.26 Å². The van der Waals surface area contributed by atoms with Crippen molar-refractivity contribution < 1.29 is 27.7 Å². The number of anilines is 1. The second-order valence-electron chi connectivity index (χ2n) is 5.03. The number of nitro benzene ring substituents is 1. The molecule has 10 nitrogen and oxygen atoms in total. The van der Waals surface area contributed by atoms with Crippen molar-refractivity contribution in [1.82, 2.24) is 5.43 Å². The maximum Gasteiger partial charge on any atom is 0.450 e. The Labute approximate surface area is 155 Å². The summed E-state index contributed by atoms with van der Waals surface area (Å²) < 4.78 is 36.8. The van der Waals surface area contributed by atoms with Gasteiger partial charge >= 0.3 is 12.1 Å². The number of amides is 1. The van der Waals surface area contributed by atoms with Crippen LogP contribution in [0.4, 0.5) is 24.5 Å². The number of nitro groups is 1. The molecular formula is C15H13F3N6O4. The number of nitrogens with zero attached hydrogens (tertiary/aromatic N) is 4. The number of carbonyl (C=O) groups is 2. The first-order chi connectivity index (χ1) is 13.1. The number of ketones is 1. The van der Waals surface area contributed by atoms with E-state index in [9.17, 15) is 32.9 Å². The summed E-state index contributed by atoms with van der Waals surface area (Å²) in [6.07, 6.45) is -6.14. The number of alkyl halides is 3. The van der Waals surface area contributed by atoms with Crippen LogP contribution in [-0.2, 0) is 9.59 Å². The Morgan fingerprint density at radius 1 is 1.29 bits per heavy atom. The summed E-state index contributed by atoms with van der Waals surface area (Å²) in [5.41, 5.74) is 2.50. The van der Waals surface area contributed by atoms with Gasteiger partial charge in [-0.25, -0.2) is 5.43 Å². The second-order valence-corrected chi connectivity index (χ2v) is 5.03. The van der Waals surface area contributed by atoms with Gasteiger partial charge in [0.2, 0.25) is 11.5 Å². The number of halogens is 3. The molecule has 0 saturated heterocycles. The Bertz CT molecular complexity index is 873. The van der Waals surface area contributed by atoms with E-state index in [1.165, 1.54) is 37.3 Å². The van der Waals surface area contributed by atoms with Gasteiger partial charge in [-0.1, -0.05) is 19.1 Å². The zero-order valence-corrected chi connectivity index (χ0v) is 14.3. The van der Waals surface area contributed by atoms with E-state index < -0.39 is 34.9 Å². The topological polar surface area (TPSA) is 150 Å². The summed E-state index contributed by atoms with van der Waals surface area (Å²) in [4.78, 5) is 33.0. The van der Waals surface area contributed by atoms with Crippen LogP contribution < -0.4 is 10.9 Å². The molecule has 0 fully saturated rings. The van der Waals surface area contributed by atoms with Crippen molar-refractivity contribution in [3.63, 3.8) is 0 Å².